The molecule has 1 aliphatic carbocycles. The van der Waals surface area contributed by atoms with Crippen LogP contribution in [0.4, 0.5) is 4.79 Å². The fourth-order valence-corrected chi connectivity index (χ4v) is 4.78. The summed E-state index contributed by atoms with van der Waals surface area (Å²) in [6.45, 7) is 2.47. The molecular formula is C21H29N3O3S. The molecule has 0 aromatic heterocycles. The van der Waals surface area contributed by atoms with E-state index in [9.17, 15) is 14.4 Å². The number of urea groups is 1. The third-order valence-electron chi connectivity index (χ3n) is 5.76. The molecule has 4 amide bonds. The van der Waals surface area contributed by atoms with Crippen molar-refractivity contribution in [3.05, 3.63) is 35.9 Å². The Hall–Kier alpha value is -2.02. The van der Waals surface area contributed by atoms with Crippen molar-refractivity contribution in [1.29, 1.82) is 0 Å². The molecule has 6 nitrogen and oxygen atoms in total. The van der Waals surface area contributed by atoms with Crippen LogP contribution in [0.25, 0.3) is 0 Å². The standard InChI is InChI=1S/C21H29N3O3S/c1-2-16-8-10-21(11-9-16)19(26)24(20(27)23-21)14-18(25)22-12-13-28-15-17-6-4-3-5-7-17/h3-7,16H,2,8-15H2,1H3,(H,22,25)(H,23,27). The van der Waals surface area contributed by atoms with E-state index in [1.807, 2.05) is 18.2 Å². The number of hydrogen-bond donors (Lipinski definition) is 2. The number of amides is 4. The number of thioether (sulfide) groups is 1. The maximum absolute atomic E-state index is 12.8. The van der Waals surface area contributed by atoms with Gasteiger partial charge in [0.1, 0.15) is 12.1 Å². The van der Waals surface area contributed by atoms with Crippen LogP contribution in [-0.2, 0) is 15.3 Å². The Morgan fingerprint density at radius 1 is 1.25 bits per heavy atom. The Morgan fingerprint density at radius 3 is 2.64 bits per heavy atom. The largest absolute Gasteiger partial charge is 0.354 e. The van der Waals surface area contributed by atoms with Crippen molar-refractivity contribution >= 4 is 29.6 Å². The Kier molecular flexibility index (Phi) is 6.99. The van der Waals surface area contributed by atoms with Crippen LogP contribution < -0.4 is 10.6 Å². The topological polar surface area (TPSA) is 78.5 Å². The van der Waals surface area contributed by atoms with E-state index in [2.05, 4.69) is 29.7 Å². The fourth-order valence-electron chi connectivity index (χ4n) is 3.96. The molecule has 1 aromatic rings. The number of rotatable bonds is 8. The van der Waals surface area contributed by atoms with Gasteiger partial charge in [-0.25, -0.2) is 4.79 Å². The maximum atomic E-state index is 12.8. The smallest absolute Gasteiger partial charge is 0.325 e. The number of benzene rings is 1. The van der Waals surface area contributed by atoms with Gasteiger partial charge in [-0.1, -0.05) is 43.7 Å². The molecule has 3 rings (SSSR count). The zero-order valence-electron chi connectivity index (χ0n) is 16.4. The van der Waals surface area contributed by atoms with Gasteiger partial charge in [-0.2, -0.15) is 11.8 Å². The average Bonchev–Trinajstić information content (AvgIpc) is 2.93. The van der Waals surface area contributed by atoms with Crippen molar-refractivity contribution < 1.29 is 14.4 Å². The van der Waals surface area contributed by atoms with Gasteiger partial charge in [0.15, 0.2) is 0 Å². The van der Waals surface area contributed by atoms with E-state index in [4.69, 9.17) is 0 Å². The zero-order valence-corrected chi connectivity index (χ0v) is 17.2. The Balaban J connectivity index is 1.40. The molecule has 7 heteroatoms. The molecule has 2 fully saturated rings. The molecule has 1 aromatic carbocycles. The molecule has 0 radical (unpaired) electrons. The molecule has 0 atom stereocenters. The molecular weight excluding hydrogens is 374 g/mol. The second kappa shape index (κ2) is 9.45. The number of hydrogen-bond acceptors (Lipinski definition) is 4. The van der Waals surface area contributed by atoms with Gasteiger partial charge in [0.25, 0.3) is 5.91 Å². The zero-order chi connectivity index (χ0) is 20.0. The van der Waals surface area contributed by atoms with E-state index >= 15 is 0 Å². The predicted octanol–water partition coefficient (Wildman–Crippen LogP) is 2.93. The quantitative estimate of drug-likeness (QED) is 0.517. The third-order valence-corrected chi connectivity index (χ3v) is 6.79. The van der Waals surface area contributed by atoms with Crippen LogP contribution in [0.3, 0.4) is 0 Å². The minimum Gasteiger partial charge on any atom is -0.354 e. The number of nitrogens with one attached hydrogen (secondary N) is 2. The molecule has 0 unspecified atom stereocenters. The summed E-state index contributed by atoms with van der Waals surface area (Å²) in [6, 6.07) is 9.73. The normalized spacial score (nSPS) is 24.5. The van der Waals surface area contributed by atoms with Gasteiger partial charge in [-0.3, -0.25) is 14.5 Å². The lowest BCUT2D eigenvalue weighted by Gasteiger charge is -2.34. The van der Waals surface area contributed by atoms with Gasteiger partial charge in [0.2, 0.25) is 5.91 Å². The molecule has 2 N–H and O–H groups in total. The average molecular weight is 404 g/mol. The van der Waals surface area contributed by atoms with E-state index in [1.165, 1.54) is 5.56 Å². The van der Waals surface area contributed by atoms with Crippen LogP contribution in [0.15, 0.2) is 30.3 Å². The van der Waals surface area contributed by atoms with E-state index in [-0.39, 0.29) is 18.4 Å². The minimum absolute atomic E-state index is 0.201. The summed E-state index contributed by atoms with van der Waals surface area (Å²) in [7, 11) is 0. The van der Waals surface area contributed by atoms with Gasteiger partial charge in [0, 0.05) is 18.1 Å². The molecule has 1 saturated carbocycles. The van der Waals surface area contributed by atoms with E-state index in [0.29, 0.717) is 25.3 Å². The second-order valence-electron chi connectivity index (χ2n) is 7.64. The highest BCUT2D eigenvalue weighted by Gasteiger charge is 2.52. The Morgan fingerprint density at radius 2 is 1.96 bits per heavy atom. The molecule has 28 heavy (non-hydrogen) atoms. The number of carbonyl (C=O) groups excluding carboxylic acids is 3. The highest BCUT2D eigenvalue weighted by molar-refractivity contribution is 7.98. The maximum Gasteiger partial charge on any atom is 0.325 e. The van der Waals surface area contributed by atoms with Crippen LogP contribution in [-0.4, -0.2) is 47.1 Å². The molecule has 1 spiro atoms. The van der Waals surface area contributed by atoms with Crippen LogP contribution in [0.5, 0.6) is 0 Å². The molecule has 152 valence electrons. The van der Waals surface area contributed by atoms with Crippen molar-refractivity contribution in [3.8, 4) is 0 Å². The summed E-state index contributed by atoms with van der Waals surface area (Å²) in [5, 5.41) is 5.68. The summed E-state index contributed by atoms with van der Waals surface area (Å²) < 4.78 is 0. The summed E-state index contributed by atoms with van der Waals surface area (Å²) in [4.78, 5) is 38.4. The van der Waals surface area contributed by atoms with Crippen LogP contribution in [0.2, 0.25) is 0 Å². The van der Waals surface area contributed by atoms with Crippen molar-refractivity contribution in [2.75, 3.05) is 18.8 Å². The summed E-state index contributed by atoms with van der Waals surface area (Å²) in [5.41, 5.74) is 0.468. The van der Waals surface area contributed by atoms with Crippen molar-refractivity contribution in [3.63, 3.8) is 0 Å². The summed E-state index contributed by atoms with van der Waals surface area (Å²) in [6.07, 6.45) is 4.34. The first-order valence-corrected chi connectivity index (χ1v) is 11.2. The Labute approximate surface area is 170 Å². The summed E-state index contributed by atoms with van der Waals surface area (Å²) >= 11 is 1.74. The van der Waals surface area contributed by atoms with E-state index in [0.717, 1.165) is 35.7 Å². The molecule has 1 saturated heterocycles. The third kappa shape index (κ3) is 4.87. The summed E-state index contributed by atoms with van der Waals surface area (Å²) in [5.74, 6) is 1.78. The molecule has 0 bridgehead atoms. The van der Waals surface area contributed by atoms with Crippen LogP contribution >= 0.6 is 11.8 Å². The van der Waals surface area contributed by atoms with Gasteiger partial charge >= 0.3 is 6.03 Å². The first-order valence-electron chi connectivity index (χ1n) is 10.1. The lowest BCUT2D eigenvalue weighted by Crippen LogP contribution is -2.50. The lowest BCUT2D eigenvalue weighted by molar-refractivity contribution is -0.136. The van der Waals surface area contributed by atoms with Crippen molar-refractivity contribution in [2.24, 2.45) is 5.92 Å². The molecule has 1 aliphatic heterocycles. The highest BCUT2D eigenvalue weighted by Crippen LogP contribution is 2.37. The minimum atomic E-state index is -0.783. The van der Waals surface area contributed by atoms with Crippen molar-refractivity contribution in [1.82, 2.24) is 15.5 Å². The molecule has 1 heterocycles. The predicted molar refractivity (Wildman–Crippen MR) is 111 cm³/mol. The number of nitrogens with zero attached hydrogens (tertiary/aromatic N) is 1. The lowest BCUT2D eigenvalue weighted by atomic mass is 9.75. The molecule has 2 aliphatic rings. The fraction of sp³-hybridized carbons (Fsp3) is 0.571. The van der Waals surface area contributed by atoms with Gasteiger partial charge in [-0.15, -0.1) is 0 Å². The van der Waals surface area contributed by atoms with Gasteiger partial charge < -0.3 is 10.6 Å². The van der Waals surface area contributed by atoms with Crippen LogP contribution in [0, 0.1) is 5.92 Å². The SMILES string of the molecule is CCC1CCC2(CC1)NC(=O)N(CC(=O)NCCSCc1ccccc1)C2=O. The van der Waals surface area contributed by atoms with Crippen molar-refractivity contribution in [2.45, 2.75) is 50.3 Å². The number of carbonyl (C=O) groups is 3. The Bertz CT molecular complexity index is 702. The van der Waals surface area contributed by atoms with Gasteiger partial charge in [-0.05, 0) is 37.2 Å². The highest BCUT2D eigenvalue weighted by atomic mass is 32.2. The first-order chi connectivity index (χ1) is 13.5. The van der Waals surface area contributed by atoms with E-state index in [1.54, 1.807) is 11.8 Å². The second-order valence-corrected chi connectivity index (χ2v) is 8.75. The monoisotopic (exact) mass is 403 g/mol. The first kappa shape index (κ1) is 20.7. The number of imide groups is 1. The van der Waals surface area contributed by atoms with Crippen LogP contribution in [0.1, 0.15) is 44.6 Å². The van der Waals surface area contributed by atoms with E-state index < -0.39 is 11.6 Å². The van der Waals surface area contributed by atoms with Gasteiger partial charge in [0.05, 0.1) is 0 Å².